The fourth-order valence-electron chi connectivity index (χ4n) is 3.53. The van der Waals surface area contributed by atoms with E-state index in [0.29, 0.717) is 13.0 Å². The second kappa shape index (κ2) is 12.0. The van der Waals surface area contributed by atoms with Crippen LogP contribution in [0.25, 0.3) is 0 Å². The Labute approximate surface area is 202 Å². The van der Waals surface area contributed by atoms with E-state index in [-0.39, 0.29) is 24.1 Å². The van der Waals surface area contributed by atoms with E-state index in [1.165, 1.54) is 17.0 Å². The number of halogens is 1. The number of nitrogens with zero attached hydrogens (tertiary/aromatic N) is 2. The van der Waals surface area contributed by atoms with Crippen molar-refractivity contribution in [1.29, 1.82) is 0 Å². The van der Waals surface area contributed by atoms with Crippen LogP contribution >= 0.6 is 0 Å². The van der Waals surface area contributed by atoms with E-state index in [2.05, 4.69) is 5.32 Å². The lowest BCUT2D eigenvalue weighted by Crippen LogP contribution is -2.52. The normalized spacial score (nSPS) is 12.3. The molecular formula is C25H34FN3O4S. The third-order valence-electron chi connectivity index (χ3n) is 5.47. The van der Waals surface area contributed by atoms with E-state index in [4.69, 9.17) is 0 Å². The van der Waals surface area contributed by atoms with E-state index in [1.807, 2.05) is 52.0 Å². The first-order valence-corrected chi connectivity index (χ1v) is 13.1. The molecule has 0 aliphatic rings. The minimum Gasteiger partial charge on any atom is -0.354 e. The minimum absolute atomic E-state index is 0.153. The molecule has 0 bridgehead atoms. The second-order valence-corrected chi connectivity index (χ2v) is 10.7. The monoisotopic (exact) mass is 491 g/mol. The highest BCUT2D eigenvalue weighted by molar-refractivity contribution is 7.92. The summed E-state index contributed by atoms with van der Waals surface area (Å²) in [6.07, 6.45) is 1.35. The first-order valence-electron chi connectivity index (χ1n) is 11.3. The number of benzene rings is 2. The molecule has 0 aromatic heterocycles. The molecule has 2 amide bonds. The Morgan fingerprint density at radius 2 is 1.68 bits per heavy atom. The predicted molar refractivity (Wildman–Crippen MR) is 132 cm³/mol. The zero-order chi connectivity index (χ0) is 25.5. The number of hydrogen-bond donors (Lipinski definition) is 1. The summed E-state index contributed by atoms with van der Waals surface area (Å²) in [6, 6.07) is 11.6. The quantitative estimate of drug-likeness (QED) is 0.521. The van der Waals surface area contributed by atoms with E-state index in [1.54, 1.807) is 0 Å². The van der Waals surface area contributed by atoms with Crippen LogP contribution in [0.15, 0.2) is 48.5 Å². The highest BCUT2D eigenvalue weighted by atomic mass is 32.2. The van der Waals surface area contributed by atoms with Gasteiger partial charge in [0.2, 0.25) is 21.8 Å². The van der Waals surface area contributed by atoms with Gasteiger partial charge in [0.15, 0.2) is 0 Å². The maximum atomic E-state index is 13.6. The molecule has 0 saturated carbocycles. The molecule has 1 atom stereocenters. The van der Waals surface area contributed by atoms with Gasteiger partial charge in [0.25, 0.3) is 0 Å². The van der Waals surface area contributed by atoms with Crippen molar-refractivity contribution < 1.29 is 22.4 Å². The highest BCUT2D eigenvalue weighted by Crippen LogP contribution is 2.21. The molecule has 2 rings (SSSR count). The standard InChI is InChI=1S/C25H34FN3O4S/c1-6-23(25(31)27-15-18(2)3)28(16-20-10-8-7-9-19(20)4)24(30)17-29(34(5,32)33)22-13-11-21(26)12-14-22/h7-14,18,23H,6,15-17H2,1-5H3,(H,27,31). The summed E-state index contributed by atoms with van der Waals surface area (Å²) in [5.74, 6) is -1.09. The lowest BCUT2D eigenvalue weighted by atomic mass is 10.1. The average molecular weight is 492 g/mol. The molecule has 0 spiro atoms. The van der Waals surface area contributed by atoms with E-state index < -0.39 is 34.3 Å². The zero-order valence-corrected chi connectivity index (χ0v) is 21.2. The summed E-state index contributed by atoms with van der Waals surface area (Å²) < 4.78 is 39.4. The van der Waals surface area contributed by atoms with Crippen molar-refractivity contribution in [3.63, 3.8) is 0 Å². The smallest absolute Gasteiger partial charge is 0.244 e. The molecular weight excluding hydrogens is 457 g/mol. The molecule has 9 heteroatoms. The third-order valence-corrected chi connectivity index (χ3v) is 6.61. The number of aryl methyl sites for hydroxylation is 1. The van der Waals surface area contributed by atoms with Gasteiger partial charge in [-0.2, -0.15) is 0 Å². The van der Waals surface area contributed by atoms with Crippen LogP contribution < -0.4 is 9.62 Å². The van der Waals surface area contributed by atoms with Crippen LogP contribution in [-0.4, -0.2) is 50.5 Å². The number of nitrogens with one attached hydrogen (secondary N) is 1. The fourth-order valence-corrected chi connectivity index (χ4v) is 4.38. The molecule has 1 unspecified atom stereocenters. The molecule has 34 heavy (non-hydrogen) atoms. The maximum absolute atomic E-state index is 13.6. The van der Waals surface area contributed by atoms with Crippen molar-refractivity contribution in [3.05, 3.63) is 65.5 Å². The zero-order valence-electron chi connectivity index (χ0n) is 20.4. The Morgan fingerprint density at radius 1 is 1.06 bits per heavy atom. The summed E-state index contributed by atoms with van der Waals surface area (Å²) in [7, 11) is -3.85. The molecule has 0 aliphatic heterocycles. The lowest BCUT2D eigenvalue weighted by molar-refractivity contribution is -0.140. The van der Waals surface area contributed by atoms with Crippen LogP contribution in [0, 0.1) is 18.7 Å². The van der Waals surface area contributed by atoms with Gasteiger partial charge in [-0.15, -0.1) is 0 Å². The first kappa shape index (κ1) is 27.3. The third kappa shape index (κ3) is 7.55. The van der Waals surface area contributed by atoms with Crippen molar-refractivity contribution in [2.75, 3.05) is 23.7 Å². The number of carbonyl (C=O) groups is 2. The number of amides is 2. The number of carbonyl (C=O) groups excluding carboxylic acids is 2. The fraction of sp³-hybridized carbons (Fsp3) is 0.440. The van der Waals surface area contributed by atoms with E-state index >= 15 is 0 Å². The molecule has 0 heterocycles. The summed E-state index contributed by atoms with van der Waals surface area (Å²) in [6.45, 7) is 7.79. The Morgan fingerprint density at radius 3 is 2.21 bits per heavy atom. The predicted octanol–water partition coefficient (Wildman–Crippen LogP) is 3.48. The van der Waals surface area contributed by atoms with Crippen LogP contribution in [-0.2, 0) is 26.2 Å². The summed E-state index contributed by atoms with van der Waals surface area (Å²) in [5, 5.41) is 2.88. The Bertz CT molecular complexity index is 1090. The molecule has 7 nitrogen and oxygen atoms in total. The molecule has 0 saturated heterocycles. The van der Waals surface area contributed by atoms with Crippen LogP contribution in [0.1, 0.15) is 38.3 Å². The van der Waals surface area contributed by atoms with Gasteiger partial charge in [0.05, 0.1) is 11.9 Å². The minimum atomic E-state index is -3.85. The number of rotatable bonds is 11. The van der Waals surface area contributed by atoms with E-state index in [9.17, 15) is 22.4 Å². The number of anilines is 1. The van der Waals surface area contributed by atoms with Crippen LogP contribution in [0.5, 0.6) is 0 Å². The molecule has 0 fully saturated rings. The van der Waals surface area contributed by atoms with Gasteiger partial charge in [-0.05, 0) is 54.7 Å². The van der Waals surface area contributed by atoms with Crippen LogP contribution in [0.4, 0.5) is 10.1 Å². The molecule has 2 aromatic carbocycles. The van der Waals surface area contributed by atoms with Gasteiger partial charge in [-0.1, -0.05) is 45.0 Å². The van der Waals surface area contributed by atoms with Gasteiger partial charge >= 0.3 is 0 Å². The number of sulfonamides is 1. The van der Waals surface area contributed by atoms with Crippen LogP contribution in [0.3, 0.4) is 0 Å². The SMILES string of the molecule is CCC(C(=O)NCC(C)C)N(Cc1ccccc1C)C(=O)CN(c1ccc(F)cc1)S(C)(=O)=O. The van der Waals surface area contributed by atoms with Crippen molar-refractivity contribution in [3.8, 4) is 0 Å². The largest absolute Gasteiger partial charge is 0.354 e. The van der Waals surface area contributed by atoms with Crippen LogP contribution in [0.2, 0.25) is 0 Å². The summed E-state index contributed by atoms with van der Waals surface area (Å²) in [5.41, 5.74) is 1.99. The van der Waals surface area contributed by atoms with Crippen molar-refractivity contribution in [2.45, 2.75) is 46.7 Å². The molecule has 186 valence electrons. The van der Waals surface area contributed by atoms with Gasteiger partial charge in [0, 0.05) is 13.1 Å². The summed E-state index contributed by atoms with van der Waals surface area (Å²) >= 11 is 0. The van der Waals surface area contributed by atoms with Crippen molar-refractivity contribution in [2.24, 2.45) is 5.92 Å². The number of hydrogen-bond acceptors (Lipinski definition) is 4. The first-order chi connectivity index (χ1) is 15.9. The molecule has 2 aromatic rings. The molecule has 0 radical (unpaired) electrons. The topological polar surface area (TPSA) is 86.8 Å². The maximum Gasteiger partial charge on any atom is 0.244 e. The molecule has 1 N–H and O–H groups in total. The Kier molecular flexibility index (Phi) is 9.61. The van der Waals surface area contributed by atoms with Crippen molar-refractivity contribution in [1.82, 2.24) is 10.2 Å². The average Bonchev–Trinajstić information content (AvgIpc) is 2.77. The Hall–Kier alpha value is -2.94. The highest BCUT2D eigenvalue weighted by Gasteiger charge is 2.32. The van der Waals surface area contributed by atoms with Crippen molar-refractivity contribution >= 4 is 27.5 Å². The van der Waals surface area contributed by atoms with Gasteiger partial charge in [0.1, 0.15) is 18.4 Å². The lowest BCUT2D eigenvalue weighted by Gasteiger charge is -2.33. The van der Waals surface area contributed by atoms with E-state index in [0.717, 1.165) is 33.8 Å². The molecule has 0 aliphatic carbocycles. The second-order valence-electron chi connectivity index (χ2n) is 8.76. The van der Waals surface area contributed by atoms with Gasteiger partial charge in [-0.25, -0.2) is 12.8 Å². The van der Waals surface area contributed by atoms with Gasteiger partial charge < -0.3 is 10.2 Å². The van der Waals surface area contributed by atoms with Gasteiger partial charge in [-0.3, -0.25) is 13.9 Å². The summed E-state index contributed by atoms with van der Waals surface area (Å²) in [4.78, 5) is 28.0. The Balaban J connectivity index is 2.42.